The number of benzene rings is 2. The highest BCUT2D eigenvalue weighted by Gasteiger charge is 2.29. The fraction of sp³-hybridized carbons (Fsp3) is 0.133. The third-order valence-corrected chi connectivity index (χ3v) is 3.24. The summed E-state index contributed by atoms with van der Waals surface area (Å²) in [6.07, 6.45) is -2.58. The van der Waals surface area contributed by atoms with Crippen molar-refractivity contribution in [1.29, 1.82) is 0 Å². The highest BCUT2D eigenvalue weighted by molar-refractivity contribution is 5.89. The van der Waals surface area contributed by atoms with E-state index in [1.165, 1.54) is 12.1 Å². The van der Waals surface area contributed by atoms with E-state index in [4.69, 9.17) is 0 Å². The predicted octanol–water partition coefficient (Wildman–Crippen LogP) is 4.19. The molecule has 0 aliphatic rings. The van der Waals surface area contributed by atoms with Gasteiger partial charge in [-0.25, -0.2) is 0 Å². The molecule has 0 saturated carbocycles. The molecule has 108 valence electrons. The number of para-hydroxylation sites is 1. The number of nitrogens with zero attached hydrogens (tertiary/aromatic N) is 1. The molecule has 3 rings (SSSR count). The van der Waals surface area contributed by atoms with Gasteiger partial charge in [0, 0.05) is 11.9 Å². The van der Waals surface area contributed by atoms with E-state index in [1.54, 1.807) is 6.20 Å². The van der Waals surface area contributed by atoms with Gasteiger partial charge in [-0.3, -0.25) is 5.10 Å². The van der Waals surface area contributed by atoms with Gasteiger partial charge in [0.15, 0.2) is 0 Å². The lowest BCUT2D eigenvalue weighted by Crippen LogP contribution is -2.05. The molecule has 1 aromatic heterocycles. The smallest absolute Gasteiger partial charge is 0.379 e. The summed E-state index contributed by atoms with van der Waals surface area (Å²) in [6, 6.07) is 10.9. The van der Waals surface area contributed by atoms with Gasteiger partial charge in [0.25, 0.3) is 0 Å². The van der Waals surface area contributed by atoms with Crippen LogP contribution in [-0.4, -0.2) is 10.2 Å². The molecule has 6 heteroatoms. The number of halogens is 3. The van der Waals surface area contributed by atoms with Crippen LogP contribution in [0.2, 0.25) is 0 Å². The minimum absolute atomic E-state index is 0.441. The van der Waals surface area contributed by atoms with Crippen molar-refractivity contribution >= 4 is 16.6 Å². The third kappa shape index (κ3) is 2.84. The van der Waals surface area contributed by atoms with Crippen LogP contribution in [0, 0.1) is 0 Å². The summed E-state index contributed by atoms with van der Waals surface area (Å²) in [4.78, 5) is 0. The largest absolute Gasteiger partial charge is 0.416 e. The number of fused-ring (bicyclic) bond motifs is 1. The van der Waals surface area contributed by atoms with Gasteiger partial charge in [-0.15, -0.1) is 0 Å². The number of nitrogens with one attached hydrogen (secondary N) is 2. The van der Waals surface area contributed by atoms with Gasteiger partial charge in [-0.1, -0.05) is 24.3 Å². The molecule has 0 fully saturated rings. The summed E-state index contributed by atoms with van der Waals surface area (Å²) < 4.78 is 37.4. The lowest BCUT2D eigenvalue weighted by molar-refractivity contribution is -0.137. The second-order valence-electron chi connectivity index (χ2n) is 4.69. The van der Waals surface area contributed by atoms with Crippen molar-refractivity contribution in [3.8, 4) is 0 Å². The average Bonchev–Trinajstić information content (AvgIpc) is 2.93. The molecule has 21 heavy (non-hydrogen) atoms. The normalized spacial score (nSPS) is 11.8. The Labute approximate surface area is 118 Å². The Kier molecular flexibility index (Phi) is 3.29. The van der Waals surface area contributed by atoms with E-state index in [9.17, 15) is 13.2 Å². The molecule has 0 atom stereocenters. The highest BCUT2D eigenvalue weighted by atomic mass is 19.4. The average molecular weight is 291 g/mol. The molecule has 0 aliphatic heterocycles. The zero-order valence-corrected chi connectivity index (χ0v) is 10.9. The van der Waals surface area contributed by atoms with E-state index in [0.29, 0.717) is 6.54 Å². The third-order valence-electron chi connectivity index (χ3n) is 3.24. The van der Waals surface area contributed by atoms with Gasteiger partial charge >= 0.3 is 6.18 Å². The lowest BCUT2D eigenvalue weighted by atomic mass is 10.1. The Bertz CT molecular complexity index is 745. The zero-order valence-electron chi connectivity index (χ0n) is 10.9. The van der Waals surface area contributed by atoms with Crippen LogP contribution in [0.3, 0.4) is 0 Å². The summed E-state index contributed by atoms with van der Waals surface area (Å²) >= 11 is 0. The van der Waals surface area contributed by atoms with E-state index in [0.717, 1.165) is 34.3 Å². The fourth-order valence-corrected chi connectivity index (χ4v) is 2.13. The van der Waals surface area contributed by atoms with Crippen molar-refractivity contribution in [2.75, 3.05) is 5.32 Å². The zero-order chi connectivity index (χ0) is 14.9. The second-order valence-corrected chi connectivity index (χ2v) is 4.69. The van der Waals surface area contributed by atoms with Crippen LogP contribution in [0.25, 0.3) is 10.9 Å². The first-order valence-corrected chi connectivity index (χ1v) is 6.36. The van der Waals surface area contributed by atoms with Crippen molar-refractivity contribution in [2.24, 2.45) is 0 Å². The monoisotopic (exact) mass is 291 g/mol. The molecule has 0 aliphatic carbocycles. The summed E-state index contributed by atoms with van der Waals surface area (Å²) in [7, 11) is 0. The molecule has 0 radical (unpaired) electrons. The van der Waals surface area contributed by atoms with Crippen LogP contribution in [0.4, 0.5) is 18.9 Å². The van der Waals surface area contributed by atoms with Crippen molar-refractivity contribution in [2.45, 2.75) is 12.7 Å². The number of aromatic amines is 1. The number of hydrogen-bond acceptors (Lipinski definition) is 2. The number of anilines is 1. The van der Waals surface area contributed by atoms with Gasteiger partial charge < -0.3 is 5.32 Å². The molecule has 0 bridgehead atoms. The van der Waals surface area contributed by atoms with Gasteiger partial charge in [0.05, 0.1) is 23.0 Å². The number of alkyl halides is 3. The molecule has 2 aromatic carbocycles. The molecule has 1 heterocycles. The number of aromatic nitrogens is 2. The van der Waals surface area contributed by atoms with Gasteiger partial charge in [0.1, 0.15) is 0 Å². The van der Waals surface area contributed by atoms with Gasteiger partial charge in [-0.05, 0) is 23.8 Å². The van der Waals surface area contributed by atoms with Crippen LogP contribution in [-0.2, 0) is 12.7 Å². The highest BCUT2D eigenvalue weighted by Crippen LogP contribution is 2.29. The molecule has 0 saturated heterocycles. The molecular formula is C15H12F3N3. The molecule has 0 spiro atoms. The second kappa shape index (κ2) is 5.12. The van der Waals surface area contributed by atoms with Crippen LogP contribution in [0.15, 0.2) is 48.7 Å². The van der Waals surface area contributed by atoms with E-state index in [1.807, 2.05) is 18.2 Å². The minimum atomic E-state index is -4.30. The van der Waals surface area contributed by atoms with Gasteiger partial charge in [-0.2, -0.15) is 18.3 Å². The maximum Gasteiger partial charge on any atom is 0.416 e. The van der Waals surface area contributed by atoms with Gasteiger partial charge in [0.2, 0.25) is 0 Å². The summed E-state index contributed by atoms with van der Waals surface area (Å²) in [5, 5.41) is 11.0. The Morgan fingerprint density at radius 1 is 1.05 bits per heavy atom. The Morgan fingerprint density at radius 3 is 2.52 bits per heavy atom. The quantitative estimate of drug-likeness (QED) is 0.759. The van der Waals surface area contributed by atoms with E-state index in [-0.39, 0.29) is 0 Å². The van der Waals surface area contributed by atoms with E-state index >= 15 is 0 Å². The maximum absolute atomic E-state index is 12.5. The maximum atomic E-state index is 12.5. The van der Waals surface area contributed by atoms with Crippen molar-refractivity contribution < 1.29 is 13.2 Å². The first-order chi connectivity index (χ1) is 10.0. The number of rotatable bonds is 3. The molecule has 0 unspecified atom stereocenters. The first-order valence-electron chi connectivity index (χ1n) is 6.36. The van der Waals surface area contributed by atoms with Crippen LogP contribution < -0.4 is 5.32 Å². The van der Waals surface area contributed by atoms with Crippen LogP contribution in [0.1, 0.15) is 11.1 Å². The van der Waals surface area contributed by atoms with Crippen LogP contribution in [0.5, 0.6) is 0 Å². The summed E-state index contributed by atoms with van der Waals surface area (Å²) in [5.41, 5.74) is 1.88. The number of H-pyrrole nitrogens is 1. The fourth-order valence-electron chi connectivity index (χ4n) is 2.13. The summed E-state index contributed by atoms with van der Waals surface area (Å²) in [6.45, 7) is 0.441. The lowest BCUT2D eigenvalue weighted by Gasteiger charge is -2.10. The first kappa shape index (κ1) is 13.5. The summed E-state index contributed by atoms with van der Waals surface area (Å²) in [5.74, 6) is 0. The molecule has 2 N–H and O–H groups in total. The topological polar surface area (TPSA) is 40.7 Å². The minimum Gasteiger partial charge on any atom is -0.379 e. The molecule has 3 aromatic rings. The van der Waals surface area contributed by atoms with Crippen molar-refractivity contribution in [3.63, 3.8) is 0 Å². The van der Waals surface area contributed by atoms with Crippen LogP contribution >= 0.6 is 0 Å². The Hall–Kier alpha value is -2.50. The Balaban J connectivity index is 1.74. The Morgan fingerprint density at radius 2 is 1.81 bits per heavy atom. The molecular weight excluding hydrogens is 279 g/mol. The standard InChI is InChI=1S/C15H12F3N3/c16-15(17,18)12-6-4-10(5-7-12)8-19-13-3-1-2-11-9-20-21-14(11)13/h1-7,9,19H,8H2,(H,20,21). The van der Waals surface area contributed by atoms with E-state index < -0.39 is 11.7 Å². The molecule has 3 nitrogen and oxygen atoms in total. The van der Waals surface area contributed by atoms with Crippen molar-refractivity contribution in [1.82, 2.24) is 10.2 Å². The molecule has 0 amide bonds. The predicted molar refractivity (Wildman–Crippen MR) is 74.9 cm³/mol. The van der Waals surface area contributed by atoms with E-state index in [2.05, 4.69) is 15.5 Å². The number of hydrogen-bond donors (Lipinski definition) is 2. The SMILES string of the molecule is FC(F)(F)c1ccc(CNc2cccc3cn[nH]c23)cc1. The van der Waals surface area contributed by atoms with Crippen molar-refractivity contribution in [3.05, 3.63) is 59.8 Å².